The van der Waals surface area contributed by atoms with E-state index < -0.39 is 23.8 Å². The van der Waals surface area contributed by atoms with Gasteiger partial charge in [-0.3, -0.25) is 20.2 Å². The van der Waals surface area contributed by atoms with Gasteiger partial charge in [-0.15, -0.1) is 0 Å². The lowest BCUT2D eigenvalue weighted by molar-refractivity contribution is -0.255. The molecule has 0 radical (unpaired) electrons. The number of benzene rings is 1. The Morgan fingerprint density at radius 3 is 2.42 bits per heavy atom. The van der Waals surface area contributed by atoms with Gasteiger partial charge in [0.1, 0.15) is 17.1 Å². The van der Waals surface area contributed by atoms with Crippen molar-refractivity contribution in [2.75, 3.05) is 0 Å². The quantitative estimate of drug-likeness (QED) is 0.606. The Bertz CT molecular complexity index is 887. The van der Waals surface area contributed by atoms with Crippen LogP contribution in [0.5, 0.6) is 0 Å². The molecule has 0 atom stereocenters. The van der Waals surface area contributed by atoms with Crippen LogP contribution in [0.3, 0.4) is 0 Å². The highest BCUT2D eigenvalue weighted by Crippen LogP contribution is 2.24. The summed E-state index contributed by atoms with van der Waals surface area (Å²) in [6, 6.07) is 8.12. The van der Waals surface area contributed by atoms with Gasteiger partial charge in [0.05, 0.1) is 5.97 Å². The number of carbonyl (C=O) groups excluding carboxylic acids is 4. The highest BCUT2D eigenvalue weighted by Gasteiger charge is 2.28. The number of furan rings is 1. The van der Waals surface area contributed by atoms with E-state index in [1.165, 1.54) is 30.3 Å². The number of urea groups is 1. The molecule has 8 heteroatoms. The average Bonchev–Trinajstić information content (AvgIpc) is 2.99. The Balaban J connectivity index is 1.91. The Hall–Kier alpha value is -3.68. The predicted molar refractivity (Wildman–Crippen MR) is 78.1 cm³/mol. The monoisotopic (exact) mass is 325 g/mol. The molecule has 2 N–H and O–H groups in total. The van der Waals surface area contributed by atoms with Crippen LogP contribution in [0.15, 0.2) is 46.4 Å². The van der Waals surface area contributed by atoms with Crippen LogP contribution in [0.4, 0.5) is 4.79 Å². The van der Waals surface area contributed by atoms with Crippen LogP contribution in [0, 0.1) is 0 Å². The lowest BCUT2D eigenvalue weighted by Crippen LogP contribution is -2.51. The molecule has 4 amide bonds. The first-order chi connectivity index (χ1) is 11.4. The van der Waals surface area contributed by atoms with Gasteiger partial charge in [0, 0.05) is 5.56 Å². The minimum absolute atomic E-state index is 0.00615. The van der Waals surface area contributed by atoms with Crippen LogP contribution >= 0.6 is 0 Å². The van der Waals surface area contributed by atoms with E-state index >= 15 is 0 Å². The fourth-order valence-corrected chi connectivity index (χ4v) is 2.13. The Labute approximate surface area is 134 Å². The summed E-state index contributed by atoms with van der Waals surface area (Å²) in [7, 11) is 0. The van der Waals surface area contributed by atoms with Crippen molar-refractivity contribution < 1.29 is 28.7 Å². The normalized spacial score (nSPS) is 14.2. The summed E-state index contributed by atoms with van der Waals surface area (Å²) in [5.74, 6) is -2.44. The first kappa shape index (κ1) is 15.2. The molecule has 0 unspecified atom stereocenters. The molecule has 1 fully saturated rings. The van der Waals surface area contributed by atoms with E-state index in [0.29, 0.717) is 11.3 Å². The number of carboxylic acids is 1. The third-order valence-electron chi connectivity index (χ3n) is 3.24. The largest absolute Gasteiger partial charge is 0.545 e. The molecule has 120 valence electrons. The number of hydrogen-bond acceptors (Lipinski definition) is 6. The molecule has 24 heavy (non-hydrogen) atoms. The smallest absolute Gasteiger partial charge is 0.328 e. The van der Waals surface area contributed by atoms with E-state index in [1.54, 1.807) is 12.1 Å². The number of hydrogen-bond donors (Lipinski definition) is 2. The Morgan fingerprint density at radius 1 is 1.04 bits per heavy atom. The number of amides is 4. The topological polar surface area (TPSA) is 129 Å². The van der Waals surface area contributed by atoms with Crippen LogP contribution < -0.4 is 15.7 Å². The van der Waals surface area contributed by atoms with Crippen molar-refractivity contribution in [2.45, 2.75) is 0 Å². The van der Waals surface area contributed by atoms with E-state index in [9.17, 15) is 24.3 Å². The molecule has 1 aromatic carbocycles. The van der Waals surface area contributed by atoms with E-state index in [-0.39, 0.29) is 16.9 Å². The zero-order valence-electron chi connectivity index (χ0n) is 12.0. The van der Waals surface area contributed by atoms with E-state index in [0.717, 1.165) is 0 Å². The molecule has 0 spiro atoms. The molecule has 3 rings (SSSR count). The fourth-order valence-electron chi connectivity index (χ4n) is 2.13. The predicted octanol–water partition coefficient (Wildman–Crippen LogP) is 0.0595. The maximum absolute atomic E-state index is 11.6. The van der Waals surface area contributed by atoms with Gasteiger partial charge >= 0.3 is 6.03 Å². The molecule has 1 aliphatic heterocycles. The molecule has 8 nitrogen and oxygen atoms in total. The van der Waals surface area contributed by atoms with Gasteiger partial charge in [0.25, 0.3) is 11.8 Å². The van der Waals surface area contributed by atoms with Gasteiger partial charge < -0.3 is 14.3 Å². The third kappa shape index (κ3) is 2.93. The summed E-state index contributed by atoms with van der Waals surface area (Å²) < 4.78 is 5.50. The van der Waals surface area contributed by atoms with Gasteiger partial charge in [-0.05, 0) is 29.8 Å². The second-order valence-corrected chi connectivity index (χ2v) is 4.87. The maximum atomic E-state index is 11.6. The summed E-state index contributed by atoms with van der Waals surface area (Å²) in [5.41, 5.74) is 0.210. The lowest BCUT2D eigenvalue weighted by Gasteiger charge is -2.13. The molecular weight excluding hydrogens is 316 g/mol. The SMILES string of the molecule is O=C1NC(=O)C(=Cc2ccc(-c3cccc(C(=O)[O-])c3)o2)C(=O)N1. The molecule has 2 aromatic rings. The van der Waals surface area contributed by atoms with Crippen LogP contribution in [-0.2, 0) is 9.59 Å². The number of rotatable bonds is 3. The van der Waals surface area contributed by atoms with E-state index in [2.05, 4.69) is 0 Å². The number of carbonyl (C=O) groups is 4. The second kappa shape index (κ2) is 5.84. The number of barbiturate groups is 1. The molecule has 1 saturated heterocycles. The summed E-state index contributed by atoms with van der Waals surface area (Å²) in [6.45, 7) is 0. The van der Waals surface area contributed by atoms with Gasteiger partial charge in [0.15, 0.2) is 0 Å². The van der Waals surface area contributed by atoms with Crippen molar-refractivity contribution in [2.24, 2.45) is 0 Å². The van der Waals surface area contributed by atoms with Crippen LogP contribution in [0.25, 0.3) is 17.4 Å². The van der Waals surface area contributed by atoms with E-state index in [1.807, 2.05) is 10.6 Å². The fraction of sp³-hybridized carbons (Fsp3) is 0. The van der Waals surface area contributed by atoms with Crippen LogP contribution in [0.1, 0.15) is 16.1 Å². The summed E-state index contributed by atoms with van der Waals surface area (Å²) in [5, 5.41) is 14.8. The number of aromatic carboxylic acids is 1. The number of carboxylic acid groups (broad SMARTS) is 1. The highest BCUT2D eigenvalue weighted by atomic mass is 16.4. The minimum Gasteiger partial charge on any atom is -0.545 e. The molecular formula is C16H9N2O6-. The summed E-state index contributed by atoms with van der Waals surface area (Å²) in [6.07, 6.45) is 1.18. The van der Waals surface area contributed by atoms with Crippen LogP contribution in [0.2, 0.25) is 0 Å². The van der Waals surface area contributed by atoms with Crippen molar-refractivity contribution in [3.05, 3.63) is 53.3 Å². The van der Waals surface area contributed by atoms with Gasteiger partial charge in [-0.1, -0.05) is 18.2 Å². The zero-order chi connectivity index (χ0) is 17.3. The molecule has 0 saturated carbocycles. The number of nitrogens with one attached hydrogen (secondary N) is 2. The summed E-state index contributed by atoms with van der Waals surface area (Å²) >= 11 is 0. The first-order valence-corrected chi connectivity index (χ1v) is 6.74. The molecule has 2 heterocycles. The van der Waals surface area contributed by atoms with Crippen molar-refractivity contribution >= 4 is 29.9 Å². The zero-order valence-corrected chi connectivity index (χ0v) is 12.0. The van der Waals surface area contributed by atoms with Crippen molar-refractivity contribution in [1.82, 2.24) is 10.6 Å². The van der Waals surface area contributed by atoms with Gasteiger partial charge in [0.2, 0.25) is 0 Å². The van der Waals surface area contributed by atoms with Crippen LogP contribution in [-0.4, -0.2) is 23.8 Å². The Kier molecular flexibility index (Phi) is 3.70. The molecule has 1 aromatic heterocycles. The average molecular weight is 325 g/mol. The standard InChI is InChI=1S/C16H10N2O6/c19-13-11(14(20)18-16(23)17-13)7-10-4-5-12(24-10)8-2-1-3-9(6-8)15(21)22/h1-7H,(H,21,22)(H2,17,18,19,20,23)/p-1. The molecule has 0 bridgehead atoms. The van der Waals surface area contributed by atoms with Gasteiger partial charge in [-0.2, -0.15) is 0 Å². The first-order valence-electron chi connectivity index (χ1n) is 6.74. The van der Waals surface area contributed by atoms with E-state index in [4.69, 9.17) is 4.42 Å². The minimum atomic E-state index is -1.31. The second-order valence-electron chi connectivity index (χ2n) is 4.87. The van der Waals surface area contributed by atoms with Crippen molar-refractivity contribution in [1.29, 1.82) is 0 Å². The molecule has 1 aliphatic rings. The summed E-state index contributed by atoms with van der Waals surface area (Å²) in [4.78, 5) is 45.2. The number of imide groups is 2. The highest BCUT2D eigenvalue weighted by molar-refractivity contribution is 6.31. The Morgan fingerprint density at radius 2 is 1.75 bits per heavy atom. The lowest BCUT2D eigenvalue weighted by atomic mass is 10.1. The van der Waals surface area contributed by atoms with Crippen molar-refractivity contribution in [3.8, 4) is 11.3 Å². The molecule has 0 aliphatic carbocycles. The van der Waals surface area contributed by atoms with Gasteiger partial charge in [-0.25, -0.2) is 4.79 Å². The third-order valence-corrected chi connectivity index (χ3v) is 3.24. The maximum Gasteiger partial charge on any atom is 0.328 e. The van der Waals surface area contributed by atoms with Crippen molar-refractivity contribution in [3.63, 3.8) is 0 Å².